The van der Waals surface area contributed by atoms with Gasteiger partial charge in [0, 0.05) is 54.5 Å². The molecule has 6 saturated heterocycles. The lowest BCUT2D eigenvalue weighted by Crippen LogP contribution is -2.64. The van der Waals surface area contributed by atoms with E-state index in [0.29, 0.717) is 11.1 Å². The summed E-state index contributed by atoms with van der Waals surface area (Å²) in [6, 6.07) is 15.1. The van der Waals surface area contributed by atoms with Gasteiger partial charge in [0.25, 0.3) is 0 Å². The van der Waals surface area contributed by atoms with E-state index in [0.717, 1.165) is 72.8 Å². The van der Waals surface area contributed by atoms with Crippen LogP contribution in [0.5, 0.6) is 92.0 Å². The minimum Gasteiger partial charge on any atom is -0.507 e. The molecule has 8 heterocycles. The molecule has 0 aliphatic carbocycles. The Balaban J connectivity index is 0.789. The Bertz CT molecular complexity index is 5270. The number of aromatic hydroxyl groups is 10. The lowest BCUT2D eigenvalue weighted by Gasteiger charge is -2.45. The molecule has 28 atom stereocenters. The average Bonchev–Trinajstić information content (AvgIpc) is 0.732. The largest absolute Gasteiger partial charge is 0.507 e. The van der Waals surface area contributed by atoms with Crippen molar-refractivity contribution >= 4 is 46.0 Å². The number of carbonyl (C=O) groups is 2. The molecule has 48 heteroatoms. The number of esters is 2. The van der Waals surface area contributed by atoms with Crippen molar-refractivity contribution in [2.75, 3.05) is 68.1 Å². The van der Waals surface area contributed by atoms with E-state index in [1.807, 2.05) is 0 Å². The number of ether oxygens (including phenoxy) is 18. The van der Waals surface area contributed by atoms with Crippen LogP contribution in [0.3, 0.4) is 0 Å². The van der Waals surface area contributed by atoms with Crippen LogP contribution in [0.2, 0.25) is 0 Å². The van der Waals surface area contributed by atoms with Gasteiger partial charge in [-0.05, 0) is 71.8 Å². The van der Waals surface area contributed by atoms with Crippen molar-refractivity contribution in [3.8, 4) is 115 Å². The van der Waals surface area contributed by atoms with E-state index in [2.05, 4.69) is 0 Å². The van der Waals surface area contributed by atoms with Gasteiger partial charge in [-0.2, -0.15) is 0 Å². The summed E-state index contributed by atoms with van der Waals surface area (Å²) < 4.78 is 116. The van der Waals surface area contributed by atoms with Gasteiger partial charge in [-0.15, -0.1) is 0 Å². The summed E-state index contributed by atoms with van der Waals surface area (Å²) in [6.45, 7) is -3.64. The van der Waals surface area contributed by atoms with E-state index < -0.39 is 332 Å². The minimum atomic E-state index is -2.29. The molecule has 738 valence electrons. The Hall–Kier alpha value is -11.7. The summed E-state index contributed by atoms with van der Waals surface area (Å²) in [5, 5.41) is 292. The molecule has 8 aromatic rings. The van der Waals surface area contributed by atoms with Gasteiger partial charge in [-0.25, -0.2) is 18.4 Å². The first-order valence-corrected chi connectivity index (χ1v) is 41.7. The van der Waals surface area contributed by atoms with Crippen LogP contribution in [-0.2, 0) is 66.4 Å². The second-order valence-electron chi connectivity index (χ2n) is 32.3. The number of phenolic OH excluding ortho intramolecular Hbond substituents is 10. The van der Waals surface area contributed by atoms with Gasteiger partial charge >= 0.3 is 34.6 Å². The number of rotatable bonds is 30. The van der Waals surface area contributed by atoms with Crippen LogP contribution >= 0.6 is 0 Å². The zero-order chi connectivity index (χ0) is 98.2. The van der Waals surface area contributed by atoms with Crippen molar-refractivity contribution in [1.82, 2.24) is 0 Å². The van der Waals surface area contributed by atoms with Crippen LogP contribution in [-0.4, -0.2) is 385 Å². The fourth-order valence-corrected chi connectivity index (χ4v) is 15.9. The van der Waals surface area contributed by atoms with Gasteiger partial charge in [-0.1, -0.05) is 6.92 Å². The Morgan fingerprint density at radius 3 is 1.04 bits per heavy atom. The van der Waals surface area contributed by atoms with Crippen molar-refractivity contribution < 1.29 is 236 Å². The summed E-state index contributed by atoms with van der Waals surface area (Å²) in [5.41, 5.74) is -1.85. The van der Waals surface area contributed by atoms with E-state index in [9.17, 15) is 142 Å². The molecule has 2 aromatic heterocycles. The van der Waals surface area contributed by atoms with Crippen LogP contribution < -0.4 is 28.4 Å². The van der Waals surface area contributed by atoms with Crippen LogP contribution in [0, 0.1) is 0 Å². The van der Waals surface area contributed by atoms with Crippen molar-refractivity contribution in [1.29, 1.82) is 0 Å². The van der Waals surface area contributed by atoms with Crippen LogP contribution in [0.15, 0.2) is 106 Å². The predicted octanol–water partition coefficient (Wildman–Crippen LogP) is -2.22. The molecule has 0 amide bonds. The van der Waals surface area contributed by atoms with Crippen LogP contribution in [0.4, 0.5) is 0 Å². The Kier molecular flexibility index (Phi) is 31.0. The lowest BCUT2D eigenvalue weighted by atomic mass is 9.88. The third kappa shape index (κ3) is 20.8. The quantitative estimate of drug-likeness (QED) is 0.00981. The molecule has 0 bridgehead atoms. The molecule has 14 rings (SSSR count). The Labute approximate surface area is 766 Å². The fourth-order valence-electron chi connectivity index (χ4n) is 15.9. The highest BCUT2D eigenvalue weighted by Crippen LogP contribution is 2.53. The van der Waals surface area contributed by atoms with Crippen molar-refractivity contribution in [2.45, 2.75) is 185 Å². The number of methoxy groups -OCH3 is 4. The van der Waals surface area contributed by atoms with Crippen LogP contribution in [0.1, 0.15) is 35.1 Å². The van der Waals surface area contributed by atoms with Gasteiger partial charge in [0.2, 0.25) is 35.6 Å². The number of fused-ring (bicyclic) bond motifs is 2. The summed E-state index contributed by atoms with van der Waals surface area (Å²) >= 11 is 0. The summed E-state index contributed by atoms with van der Waals surface area (Å²) in [6.07, 6.45) is -52.3. The molecule has 0 saturated carbocycles. The minimum absolute atomic E-state index is 0.00750. The normalized spacial score (nSPS) is 31.2. The van der Waals surface area contributed by atoms with E-state index in [-0.39, 0.29) is 45.6 Å². The smallest absolute Gasteiger partial charge is 0.402 e. The molecule has 48 nitrogen and oxygen atoms in total. The first kappa shape index (κ1) is 100. The number of aliphatic hydroxyl groups is 16. The molecule has 0 unspecified atom stereocenters. The van der Waals surface area contributed by atoms with E-state index in [4.69, 9.17) is 94.1 Å². The number of benzene rings is 6. The lowest BCUT2D eigenvalue weighted by molar-refractivity contribution is -0.353. The van der Waals surface area contributed by atoms with E-state index in [1.54, 1.807) is 0 Å². The molecular weight excluding hydrogens is 1820 g/mol. The molecule has 6 aliphatic rings. The third-order valence-electron chi connectivity index (χ3n) is 23.4. The fraction of sp³-hybridized carbons (Fsp3) is 0.455. The molecule has 6 fully saturated rings. The molecule has 6 aromatic carbocycles. The topological polar surface area (TPSA) is 749 Å². The van der Waals surface area contributed by atoms with Crippen molar-refractivity contribution in [2.24, 2.45) is 0 Å². The number of phenols is 10. The first-order valence-electron chi connectivity index (χ1n) is 41.7. The van der Waals surface area contributed by atoms with E-state index in [1.165, 1.54) is 71.8 Å². The zero-order valence-corrected chi connectivity index (χ0v) is 72.0. The average molecular weight is 1930 g/mol. The number of carbonyl (C=O) groups excluding carboxylic acids is 2. The highest BCUT2D eigenvalue weighted by atomic mass is 16.8. The summed E-state index contributed by atoms with van der Waals surface area (Å²) in [7, 11) is 5.10. The number of hydrogen-bond donors (Lipinski definition) is 26. The van der Waals surface area contributed by atoms with Crippen LogP contribution in [0.25, 0.3) is 56.7 Å². The Morgan fingerprint density at radius 2 is 0.691 bits per heavy atom. The van der Waals surface area contributed by atoms with Crippen molar-refractivity contribution in [3.63, 3.8) is 0 Å². The number of hydrogen-bond acceptors (Lipinski definition) is 46. The second-order valence-corrected chi connectivity index (χ2v) is 32.3. The predicted molar refractivity (Wildman–Crippen MR) is 448 cm³/mol. The van der Waals surface area contributed by atoms with Gasteiger partial charge in [0.05, 0.1) is 66.0 Å². The van der Waals surface area contributed by atoms with Gasteiger partial charge in [0.15, 0.2) is 83.4 Å². The molecule has 6 aliphatic heterocycles. The highest BCUT2D eigenvalue weighted by molar-refractivity contribution is 5.96. The molecular formula is C88H100O48+2. The zero-order valence-electron chi connectivity index (χ0n) is 72.0. The van der Waals surface area contributed by atoms with Crippen molar-refractivity contribution in [3.05, 3.63) is 119 Å². The Morgan fingerprint density at radius 1 is 0.360 bits per heavy atom. The first-order chi connectivity index (χ1) is 64.7. The molecule has 0 radical (unpaired) electrons. The van der Waals surface area contributed by atoms with Gasteiger partial charge in [0.1, 0.15) is 180 Å². The molecule has 26 N–H and O–H groups in total. The number of aliphatic hydroxyl groups excluding tert-OH is 16. The maximum Gasteiger partial charge on any atom is 0.402 e. The van der Waals surface area contributed by atoms with Gasteiger partial charge in [-0.3, -0.25) is 0 Å². The SMILES string of the molecule is COc1cc(C=CC(=O)OC[C@H]2O[C@@H](OC[C@H]3O[C@@H](Oc4cc5c(O)cc(O)c(C(C)c6c(O)cc(O)c7cc(O[C@@H]8O[C@H](CO[C@@H]9O[C@H](COC(=O)C=Cc%10cc(OC)c(O)c(OC)c%10)[C@@H](O)[C@H](O)[C@H]9O)[C@H](O)[C@H](O)[C@H]8O[C@@H]8OC[C@@H](O)[C@H](O)[C@H]8O)c(-c8ccc(O)c(O)c8)[o+]c67)c5[o+]c4-c4ccc(O)c(O)c4)[C@H](O[C@@H]4OC[C@@H](O)[C@H](O)[C@H]4O)[C@@H](O)[C@H]3O)[C@H](O)[C@@H](O)[C@@H]2O)cc(OC)c1O. The summed E-state index contributed by atoms with van der Waals surface area (Å²) in [4.78, 5) is 26.1. The maximum absolute atomic E-state index is 13.0. The molecule has 0 spiro atoms. The summed E-state index contributed by atoms with van der Waals surface area (Å²) in [5.74, 6) is -13.2. The highest BCUT2D eigenvalue weighted by Gasteiger charge is 2.56. The molecule has 136 heavy (non-hydrogen) atoms. The second kappa shape index (κ2) is 42.1. The maximum atomic E-state index is 13.0. The monoisotopic (exact) mass is 1920 g/mol. The van der Waals surface area contributed by atoms with Gasteiger partial charge < -0.3 is 218 Å². The third-order valence-corrected chi connectivity index (χ3v) is 23.4. The van der Waals surface area contributed by atoms with E-state index >= 15 is 0 Å². The standard InChI is InChI=1S/C88H98O48/c1-30(59-43(95)22-39(91)35-20-51(77(133-79(35)59)33-8-10-37(89)41(93)18-33)127-87-81(135-85-73(113)61(101)45(97)24-123-85)71(111)67(107)55(131-87)28-125-83-75(115)69(109)65(105)53(129-83)26-121-57(99)12-6-31-14-47(117-2)63(103)48(15-31)118-3)60-44(96)23-40(92)36-21-52(78(134-80(36)60)34-9-11-38(90)42(94)19-34)128-88-82(136-86-74(114)62(102)46(98)25-124-86)72(112)68(108)56(132-88)29-126-84-76(116)70(110)66(106)54(130-84)27-122-58(100)13-7-32-16-49(119-4)64(104)50(17-32)120-5/h6-23,30,45-46,53-56,61-62,65-76,81-88,97-98,101-102,105-116H,24-29H2,1-5H3,(H8-2,89,90,91,92,93,94,95,96,99,100,103,104)/p+2/t45-,46-,53-,54-,55-,56-,61+,62+,65-,66-,67+,68+,69+,70+,71+,72+,73-,74-,75-,76-,81-,82-,83-,84-,85+,86+,87-,88-/m1/s1.